The first-order chi connectivity index (χ1) is 7.26. The number of hydrogen-bond acceptors (Lipinski definition) is 0. The van der Waals surface area contributed by atoms with Crippen molar-refractivity contribution >= 4 is 15.9 Å². The molecule has 0 fully saturated rings. The summed E-state index contributed by atoms with van der Waals surface area (Å²) in [5, 5.41) is 0. The molecule has 1 aliphatic rings. The molecule has 0 bridgehead atoms. The molecule has 0 saturated heterocycles. The van der Waals surface area contributed by atoms with Crippen molar-refractivity contribution in [1.29, 1.82) is 0 Å². The minimum absolute atomic E-state index is 1.18. The first kappa shape index (κ1) is 10.9. The van der Waals surface area contributed by atoms with Crippen LogP contribution in [0.2, 0.25) is 6.04 Å². The van der Waals surface area contributed by atoms with Gasteiger partial charge in [-0.2, -0.15) is 0 Å². The molecule has 2 rings (SSSR count). The molecule has 1 heterocycles. The van der Waals surface area contributed by atoms with Gasteiger partial charge in [-0.25, -0.2) is 0 Å². The Hall–Kier alpha value is -0.603. The van der Waals surface area contributed by atoms with E-state index in [2.05, 4.69) is 31.3 Å². The van der Waals surface area contributed by atoms with Gasteiger partial charge in [-0.3, -0.25) is 4.48 Å². The lowest BCUT2D eigenvalue weighted by Gasteiger charge is -2.38. The summed E-state index contributed by atoms with van der Waals surface area (Å²) >= 11 is 0. The summed E-state index contributed by atoms with van der Waals surface area (Å²) in [4.78, 5) is 0. The molecule has 0 radical (unpaired) electrons. The number of hydrogen-bond donors (Lipinski definition) is 0. The molecule has 0 saturated carbocycles. The number of fused-ring (bicyclic) bond motifs is 1. The lowest BCUT2D eigenvalue weighted by Crippen LogP contribution is -2.49. The molecule has 0 N–H and O–H groups in total. The highest BCUT2D eigenvalue weighted by molar-refractivity contribution is 6.08. The summed E-state index contributed by atoms with van der Waals surface area (Å²) in [7, 11) is 3.77. The van der Waals surface area contributed by atoms with E-state index in [4.69, 9.17) is 0 Å². The SMILES string of the molecule is C[N+]1(CCC[SiH3])CCCc2ccccc21. The lowest BCUT2D eigenvalue weighted by molar-refractivity contribution is 0.308. The van der Waals surface area contributed by atoms with E-state index in [1.807, 2.05) is 0 Å². The van der Waals surface area contributed by atoms with Crippen LogP contribution < -0.4 is 4.48 Å². The van der Waals surface area contributed by atoms with Gasteiger partial charge < -0.3 is 0 Å². The average molecular weight is 220 g/mol. The van der Waals surface area contributed by atoms with Crippen LogP contribution in [-0.2, 0) is 6.42 Å². The number of aryl methyl sites for hydroxylation is 1. The van der Waals surface area contributed by atoms with Crippen LogP contribution in [0.4, 0.5) is 5.69 Å². The number of para-hydroxylation sites is 1. The topological polar surface area (TPSA) is 0 Å². The van der Waals surface area contributed by atoms with Crippen LogP contribution in [0.5, 0.6) is 0 Å². The van der Waals surface area contributed by atoms with Crippen LogP contribution in [0.1, 0.15) is 18.4 Å². The molecular weight excluding hydrogens is 198 g/mol. The Morgan fingerprint density at radius 1 is 1.33 bits per heavy atom. The van der Waals surface area contributed by atoms with Crippen LogP contribution in [-0.4, -0.2) is 30.4 Å². The Labute approximate surface area is 96.1 Å². The van der Waals surface area contributed by atoms with Gasteiger partial charge in [0.2, 0.25) is 0 Å². The minimum Gasteiger partial charge on any atom is -0.293 e. The van der Waals surface area contributed by atoms with Crippen molar-refractivity contribution in [3.05, 3.63) is 29.8 Å². The summed E-state index contributed by atoms with van der Waals surface area (Å²) in [6.45, 7) is 2.67. The van der Waals surface area contributed by atoms with Crippen LogP contribution >= 0.6 is 0 Å². The molecule has 1 atom stereocenters. The number of benzene rings is 1. The van der Waals surface area contributed by atoms with E-state index in [0.717, 1.165) is 0 Å². The van der Waals surface area contributed by atoms with E-state index in [-0.39, 0.29) is 0 Å². The third kappa shape index (κ3) is 2.16. The van der Waals surface area contributed by atoms with E-state index < -0.39 is 0 Å². The maximum atomic E-state index is 2.41. The van der Waals surface area contributed by atoms with Gasteiger partial charge in [0.25, 0.3) is 0 Å². The quantitative estimate of drug-likeness (QED) is 0.538. The Bertz CT molecular complexity index is 337. The number of rotatable bonds is 3. The number of quaternary nitrogens is 1. The van der Waals surface area contributed by atoms with Gasteiger partial charge >= 0.3 is 0 Å². The average Bonchev–Trinajstić information content (AvgIpc) is 2.27. The van der Waals surface area contributed by atoms with Gasteiger partial charge in [-0.1, -0.05) is 24.2 Å². The fraction of sp³-hybridized carbons (Fsp3) is 0.538. The predicted octanol–water partition coefficient (Wildman–Crippen LogP) is 1.74. The molecule has 0 amide bonds. The highest BCUT2D eigenvalue weighted by Gasteiger charge is 2.30. The third-order valence-corrected chi connectivity index (χ3v) is 4.38. The standard InChI is InChI=1S/C13H22NSi/c1-14(10-5-11-15)9-4-7-12-6-2-3-8-13(12)14/h2-3,6,8H,4-5,7,9-11H2,1,15H3/q+1. The second-order valence-electron chi connectivity index (χ2n) is 4.93. The highest BCUT2D eigenvalue weighted by atomic mass is 28.1. The minimum atomic E-state index is 1.18. The zero-order valence-corrected chi connectivity index (χ0v) is 12.0. The van der Waals surface area contributed by atoms with E-state index in [1.165, 1.54) is 53.1 Å². The van der Waals surface area contributed by atoms with Crippen molar-refractivity contribution in [2.45, 2.75) is 25.3 Å². The Balaban J connectivity index is 2.27. The van der Waals surface area contributed by atoms with E-state index in [0.29, 0.717) is 0 Å². The molecule has 15 heavy (non-hydrogen) atoms. The molecule has 1 aromatic rings. The molecule has 1 unspecified atom stereocenters. The summed E-state index contributed by atoms with van der Waals surface area (Å²) in [5.74, 6) is 0. The number of nitrogens with zero attached hydrogens (tertiary/aromatic N) is 1. The van der Waals surface area contributed by atoms with Crippen LogP contribution in [0.25, 0.3) is 0 Å². The molecule has 1 nitrogen and oxygen atoms in total. The van der Waals surface area contributed by atoms with Crippen LogP contribution in [0.15, 0.2) is 24.3 Å². The van der Waals surface area contributed by atoms with Gasteiger partial charge in [0.1, 0.15) is 5.69 Å². The van der Waals surface area contributed by atoms with Gasteiger partial charge in [0.15, 0.2) is 0 Å². The highest BCUT2D eigenvalue weighted by Crippen LogP contribution is 2.31. The summed E-state index contributed by atoms with van der Waals surface area (Å²) in [6.07, 6.45) is 4.04. The second-order valence-corrected chi connectivity index (χ2v) is 5.93. The van der Waals surface area contributed by atoms with Crippen molar-refractivity contribution in [2.75, 3.05) is 20.1 Å². The second kappa shape index (κ2) is 4.50. The fourth-order valence-electron chi connectivity index (χ4n) is 2.73. The van der Waals surface area contributed by atoms with Crippen molar-refractivity contribution in [2.24, 2.45) is 0 Å². The maximum absolute atomic E-state index is 2.41. The van der Waals surface area contributed by atoms with E-state index in [1.54, 1.807) is 11.3 Å². The maximum Gasteiger partial charge on any atom is 0.135 e. The molecule has 0 aliphatic carbocycles. The first-order valence-electron chi connectivity index (χ1n) is 6.19. The molecule has 82 valence electrons. The Morgan fingerprint density at radius 3 is 2.93 bits per heavy atom. The summed E-state index contributed by atoms with van der Waals surface area (Å²) < 4.78 is 1.18. The van der Waals surface area contributed by atoms with Crippen LogP contribution in [0.3, 0.4) is 0 Å². The molecular formula is C13H22NSi+. The largest absolute Gasteiger partial charge is 0.293 e. The molecule has 1 aliphatic heterocycles. The van der Waals surface area contributed by atoms with E-state index >= 15 is 0 Å². The zero-order chi connectivity index (χ0) is 10.7. The first-order valence-corrected chi connectivity index (χ1v) is 7.61. The third-order valence-electron chi connectivity index (χ3n) is 3.68. The van der Waals surface area contributed by atoms with Gasteiger partial charge in [-0.15, -0.1) is 0 Å². The molecule has 0 aromatic heterocycles. The zero-order valence-electron chi connectivity index (χ0n) is 10.00. The van der Waals surface area contributed by atoms with Crippen LogP contribution in [0, 0.1) is 0 Å². The smallest absolute Gasteiger partial charge is 0.135 e. The molecule has 1 aromatic carbocycles. The van der Waals surface area contributed by atoms with E-state index in [9.17, 15) is 0 Å². The summed E-state index contributed by atoms with van der Waals surface area (Å²) in [5.41, 5.74) is 3.17. The normalized spacial score (nSPS) is 25.1. The van der Waals surface area contributed by atoms with Crippen molar-refractivity contribution in [3.8, 4) is 0 Å². The van der Waals surface area contributed by atoms with Gasteiger partial charge in [0, 0.05) is 22.2 Å². The van der Waals surface area contributed by atoms with Crippen molar-refractivity contribution in [1.82, 2.24) is 4.48 Å². The van der Waals surface area contributed by atoms with Crippen molar-refractivity contribution < 1.29 is 0 Å². The molecule has 2 heteroatoms. The lowest BCUT2D eigenvalue weighted by atomic mass is 9.99. The molecule has 0 spiro atoms. The van der Waals surface area contributed by atoms with Crippen molar-refractivity contribution in [3.63, 3.8) is 0 Å². The fourth-order valence-corrected chi connectivity index (χ4v) is 3.04. The summed E-state index contributed by atoms with van der Waals surface area (Å²) in [6, 6.07) is 10.5. The Morgan fingerprint density at radius 2 is 2.13 bits per heavy atom. The predicted molar refractivity (Wildman–Crippen MR) is 71.6 cm³/mol. The Kier molecular flexibility index (Phi) is 3.27. The van der Waals surface area contributed by atoms with Gasteiger partial charge in [0.05, 0.1) is 20.1 Å². The monoisotopic (exact) mass is 220 g/mol. The van der Waals surface area contributed by atoms with Gasteiger partial charge in [-0.05, 0) is 18.9 Å².